The summed E-state index contributed by atoms with van der Waals surface area (Å²) in [7, 11) is 0. The molecule has 1 heterocycles. The Balaban J connectivity index is 1.78. The molecule has 0 aliphatic rings. The Morgan fingerprint density at radius 2 is 1.62 bits per heavy atom. The van der Waals surface area contributed by atoms with Crippen LogP contribution >= 0.6 is 0 Å². The molecule has 26 heavy (non-hydrogen) atoms. The largest absolute Gasteiger partial charge is 0.455 e. The van der Waals surface area contributed by atoms with Gasteiger partial charge in [-0.3, -0.25) is 0 Å². The Morgan fingerprint density at radius 3 is 2.46 bits per heavy atom. The standard InChI is InChI=1S/C25H20O/c1-2-3-4-7-17-10-13-24-23(14-17)21-12-11-20-15-18-8-5-6-9-19(18)16-22(20)25(21)26-24/h4-16H,2-3H2,1H3. The SMILES string of the molecule is CCCC=Cc1ccc2oc3c4cc5ccccc5cc4ccc3c2c1. The van der Waals surface area contributed by atoms with Gasteiger partial charge in [-0.25, -0.2) is 0 Å². The van der Waals surface area contributed by atoms with Crippen LogP contribution in [0, 0.1) is 0 Å². The molecule has 5 aromatic rings. The molecule has 0 saturated heterocycles. The van der Waals surface area contributed by atoms with Crippen molar-refractivity contribution in [1.29, 1.82) is 0 Å². The predicted molar refractivity (Wildman–Crippen MR) is 113 cm³/mol. The highest BCUT2D eigenvalue weighted by Crippen LogP contribution is 2.36. The maximum Gasteiger partial charge on any atom is 0.143 e. The van der Waals surface area contributed by atoms with Crippen LogP contribution in [0.5, 0.6) is 0 Å². The summed E-state index contributed by atoms with van der Waals surface area (Å²) in [5, 5.41) is 7.29. The first kappa shape index (κ1) is 15.2. The van der Waals surface area contributed by atoms with E-state index in [4.69, 9.17) is 4.42 Å². The number of benzene rings is 4. The van der Waals surface area contributed by atoms with E-state index < -0.39 is 0 Å². The summed E-state index contributed by atoms with van der Waals surface area (Å²) < 4.78 is 6.27. The van der Waals surface area contributed by atoms with Gasteiger partial charge in [-0.05, 0) is 58.5 Å². The van der Waals surface area contributed by atoms with Crippen molar-refractivity contribution < 1.29 is 4.42 Å². The van der Waals surface area contributed by atoms with E-state index in [9.17, 15) is 0 Å². The molecule has 0 unspecified atom stereocenters. The van der Waals surface area contributed by atoms with Crippen LogP contribution in [0.15, 0.2) is 77.2 Å². The molecular weight excluding hydrogens is 316 g/mol. The molecule has 0 saturated carbocycles. The first-order valence-electron chi connectivity index (χ1n) is 9.28. The van der Waals surface area contributed by atoms with E-state index in [1.165, 1.54) is 44.3 Å². The second-order valence-electron chi connectivity index (χ2n) is 6.91. The van der Waals surface area contributed by atoms with Crippen LogP contribution in [0.2, 0.25) is 0 Å². The molecule has 1 aromatic heterocycles. The third-order valence-corrected chi connectivity index (χ3v) is 5.11. The average molecular weight is 336 g/mol. The molecule has 0 spiro atoms. The van der Waals surface area contributed by atoms with E-state index in [1.54, 1.807) is 0 Å². The van der Waals surface area contributed by atoms with Crippen molar-refractivity contribution in [1.82, 2.24) is 0 Å². The van der Waals surface area contributed by atoms with E-state index >= 15 is 0 Å². The minimum absolute atomic E-state index is 0.952. The molecule has 0 bridgehead atoms. The van der Waals surface area contributed by atoms with Gasteiger partial charge in [0.15, 0.2) is 0 Å². The molecule has 0 N–H and O–H groups in total. The number of allylic oxidation sites excluding steroid dienone is 1. The smallest absolute Gasteiger partial charge is 0.143 e. The molecule has 0 atom stereocenters. The Hall–Kier alpha value is -3.06. The molecule has 0 amide bonds. The first-order valence-corrected chi connectivity index (χ1v) is 9.28. The fourth-order valence-corrected chi connectivity index (χ4v) is 3.76. The molecular formula is C25H20O. The van der Waals surface area contributed by atoms with Crippen LogP contribution < -0.4 is 0 Å². The second kappa shape index (κ2) is 6.03. The van der Waals surface area contributed by atoms with Gasteiger partial charge in [0.1, 0.15) is 11.2 Å². The van der Waals surface area contributed by atoms with Crippen molar-refractivity contribution in [2.24, 2.45) is 0 Å². The van der Waals surface area contributed by atoms with Gasteiger partial charge in [-0.1, -0.05) is 61.9 Å². The molecule has 0 fully saturated rings. The van der Waals surface area contributed by atoms with E-state index in [1.807, 2.05) is 0 Å². The number of hydrogen-bond donors (Lipinski definition) is 0. The molecule has 0 radical (unpaired) electrons. The van der Waals surface area contributed by atoms with Gasteiger partial charge < -0.3 is 4.42 Å². The Bertz CT molecular complexity index is 1290. The van der Waals surface area contributed by atoms with E-state index in [0.717, 1.165) is 17.6 Å². The molecule has 126 valence electrons. The van der Waals surface area contributed by atoms with Gasteiger partial charge in [-0.2, -0.15) is 0 Å². The average Bonchev–Trinajstić information content (AvgIpc) is 3.05. The number of hydrogen-bond acceptors (Lipinski definition) is 1. The van der Waals surface area contributed by atoms with Crippen molar-refractivity contribution in [3.8, 4) is 0 Å². The molecule has 5 rings (SSSR count). The third-order valence-electron chi connectivity index (χ3n) is 5.11. The molecule has 4 aromatic carbocycles. The van der Waals surface area contributed by atoms with Crippen molar-refractivity contribution in [3.63, 3.8) is 0 Å². The van der Waals surface area contributed by atoms with Crippen molar-refractivity contribution >= 4 is 49.6 Å². The highest BCUT2D eigenvalue weighted by molar-refractivity contribution is 6.17. The summed E-state index contributed by atoms with van der Waals surface area (Å²) in [6, 6.07) is 23.8. The normalized spacial score (nSPS) is 12.2. The first-order chi connectivity index (χ1) is 12.8. The van der Waals surface area contributed by atoms with Gasteiger partial charge in [0, 0.05) is 16.2 Å². The second-order valence-corrected chi connectivity index (χ2v) is 6.91. The van der Waals surface area contributed by atoms with Gasteiger partial charge >= 0.3 is 0 Å². The fourth-order valence-electron chi connectivity index (χ4n) is 3.76. The highest BCUT2D eigenvalue weighted by atomic mass is 16.3. The summed E-state index contributed by atoms with van der Waals surface area (Å²) in [6.45, 7) is 2.20. The number of unbranched alkanes of at least 4 members (excludes halogenated alkanes) is 1. The Labute approximate surface area is 152 Å². The zero-order valence-electron chi connectivity index (χ0n) is 14.8. The van der Waals surface area contributed by atoms with E-state index in [0.29, 0.717) is 0 Å². The van der Waals surface area contributed by atoms with Crippen LogP contribution in [0.3, 0.4) is 0 Å². The summed E-state index contributed by atoms with van der Waals surface area (Å²) in [4.78, 5) is 0. The fraction of sp³-hybridized carbons (Fsp3) is 0.120. The van der Waals surface area contributed by atoms with Crippen LogP contribution in [0.1, 0.15) is 25.3 Å². The molecule has 0 aliphatic heterocycles. The van der Waals surface area contributed by atoms with Crippen molar-refractivity contribution in [3.05, 3.63) is 78.4 Å². The quantitative estimate of drug-likeness (QED) is 0.308. The van der Waals surface area contributed by atoms with Gasteiger partial charge in [-0.15, -0.1) is 0 Å². The van der Waals surface area contributed by atoms with Crippen LogP contribution in [-0.4, -0.2) is 0 Å². The van der Waals surface area contributed by atoms with Crippen LogP contribution in [0.4, 0.5) is 0 Å². The molecule has 1 heteroatoms. The lowest BCUT2D eigenvalue weighted by atomic mass is 10.0. The van der Waals surface area contributed by atoms with Crippen molar-refractivity contribution in [2.45, 2.75) is 19.8 Å². The zero-order chi connectivity index (χ0) is 17.5. The topological polar surface area (TPSA) is 13.1 Å². The van der Waals surface area contributed by atoms with E-state index in [2.05, 4.69) is 85.8 Å². The minimum atomic E-state index is 0.952. The maximum absolute atomic E-state index is 6.27. The van der Waals surface area contributed by atoms with Crippen LogP contribution in [0.25, 0.3) is 49.6 Å². The zero-order valence-corrected chi connectivity index (χ0v) is 14.8. The number of rotatable bonds is 3. The molecule has 0 aliphatic carbocycles. The number of fused-ring (bicyclic) bond motifs is 6. The maximum atomic E-state index is 6.27. The van der Waals surface area contributed by atoms with E-state index in [-0.39, 0.29) is 0 Å². The molecule has 1 nitrogen and oxygen atoms in total. The minimum Gasteiger partial charge on any atom is -0.455 e. The van der Waals surface area contributed by atoms with Crippen LogP contribution in [-0.2, 0) is 0 Å². The predicted octanol–water partition coefficient (Wildman–Crippen LogP) is 7.71. The van der Waals surface area contributed by atoms with Gasteiger partial charge in [0.2, 0.25) is 0 Å². The van der Waals surface area contributed by atoms with Gasteiger partial charge in [0.05, 0.1) is 0 Å². The van der Waals surface area contributed by atoms with Crippen molar-refractivity contribution in [2.75, 3.05) is 0 Å². The third kappa shape index (κ3) is 2.40. The Morgan fingerprint density at radius 1 is 0.769 bits per heavy atom. The lowest BCUT2D eigenvalue weighted by molar-refractivity contribution is 0.672. The Kier molecular flexibility index (Phi) is 3.53. The summed E-state index contributed by atoms with van der Waals surface area (Å²) in [6.07, 6.45) is 6.73. The lowest BCUT2D eigenvalue weighted by Crippen LogP contribution is -1.77. The summed E-state index contributed by atoms with van der Waals surface area (Å²) in [5.41, 5.74) is 3.17. The number of furan rings is 1. The lowest BCUT2D eigenvalue weighted by Gasteiger charge is -2.02. The summed E-state index contributed by atoms with van der Waals surface area (Å²) >= 11 is 0. The highest BCUT2D eigenvalue weighted by Gasteiger charge is 2.11. The van der Waals surface area contributed by atoms with Gasteiger partial charge in [0.25, 0.3) is 0 Å². The monoisotopic (exact) mass is 336 g/mol. The summed E-state index contributed by atoms with van der Waals surface area (Å²) in [5.74, 6) is 0.